The summed E-state index contributed by atoms with van der Waals surface area (Å²) in [5.74, 6) is 0.0609. The lowest BCUT2D eigenvalue weighted by Crippen LogP contribution is -2.30. The first-order valence-electron chi connectivity index (χ1n) is 38.8. The lowest BCUT2D eigenvalue weighted by molar-refractivity contribution is -0.161. The SMILES string of the molecule is CCCCCCCCCCCCCCCCCCC(=O)OC[C@H](COP(=O)(O)OC[C@@H](O)COP(=O)(O)OC[C@@H](COC(=O)CCCCCCCCC(C)C)OC(=O)CCCCCCCCCC(C)C)OC(=O)CCCCCCCCCCCCCCCCCCC(C)C. The number of carbonyl (C=O) groups excluding carboxylic acids is 4. The van der Waals surface area contributed by atoms with Crippen LogP contribution in [0.15, 0.2) is 0 Å². The second kappa shape index (κ2) is 65.7. The van der Waals surface area contributed by atoms with Crippen LogP contribution in [0.1, 0.15) is 382 Å². The van der Waals surface area contributed by atoms with Crippen LogP contribution in [0.5, 0.6) is 0 Å². The molecule has 0 spiro atoms. The van der Waals surface area contributed by atoms with Crippen LogP contribution in [0.25, 0.3) is 0 Å². The zero-order chi connectivity index (χ0) is 69.4. The van der Waals surface area contributed by atoms with E-state index in [0.717, 1.165) is 102 Å². The van der Waals surface area contributed by atoms with Crippen LogP contribution in [0, 0.1) is 17.8 Å². The summed E-state index contributed by atoms with van der Waals surface area (Å²) in [6, 6.07) is 0. The summed E-state index contributed by atoms with van der Waals surface area (Å²) >= 11 is 0. The van der Waals surface area contributed by atoms with Gasteiger partial charge in [-0.25, -0.2) is 9.13 Å². The summed E-state index contributed by atoms with van der Waals surface area (Å²) in [7, 11) is -9.91. The van der Waals surface area contributed by atoms with E-state index in [2.05, 4.69) is 48.5 Å². The number of phosphoric acid groups is 2. The standard InChI is InChI=1S/C75H146O17P2/c1-8-9-10-11-12-13-14-15-16-20-23-26-29-34-42-49-56-72(77)85-62-70(91-74(79)58-51-44-35-30-27-24-21-18-17-19-22-25-28-32-39-46-53-66(2)3)64-89-93(81,82)87-60-69(76)61-88-94(83,84)90-65-71(63-86-73(78)57-50-43-38-37-41-48-55-68(6)7)92-75(80)59-52-45-36-31-33-40-47-54-67(4)5/h66-71,76H,8-65H2,1-7H3,(H,81,82)(H,83,84)/t69-,70-,71-/m1/s1. The molecular formula is C75H146O17P2. The highest BCUT2D eigenvalue weighted by Gasteiger charge is 2.30. The first-order valence-corrected chi connectivity index (χ1v) is 41.8. The molecule has 0 fully saturated rings. The van der Waals surface area contributed by atoms with Crippen LogP contribution in [-0.4, -0.2) is 96.7 Å². The van der Waals surface area contributed by atoms with Gasteiger partial charge in [0.1, 0.15) is 19.3 Å². The second-order valence-electron chi connectivity index (χ2n) is 28.5. The number of hydrogen-bond donors (Lipinski definition) is 3. The first kappa shape index (κ1) is 92.1. The molecule has 0 bridgehead atoms. The van der Waals surface area contributed by atoms with E-state index in [1.54, 1.807) is 0 Å². The Bertz CT molecular complexity index is 1840. The lowest BCUT2D eigenvalue weighted by atomic mass is 10.0. The van der Waals surface area contributed by atoms with Crippen molar-refractivity contribution in [3.63, 3.8) is 0 Å². The van der Waals surface area contributed by atoms with E-state index in [4.69, 9.17) is 37.0 Å². The summed E-state index contributed by atoms with van der Waals surface area (Å²) < 4.78 is 68.4. The molecule has 0 aliphatic carbocycles. The Morgan fingerprint density at radius 3 is 0.723 bits per heavy atom. The minimum absolute atomic E-state index is 0.102. The fraction of sp³-hybridized carbons (Fsp3) is 0.947. The average molecular weight is 1380 g/mol. The molecule has 0 aromatic carbocycles. The first-order chi connectivity index (χ1) is 45.2. The van der Waals surface area contributed by atoms with Crippen LogP contribution in [0.2, 0.25) is 0 Å². The maximum atomic E-state index is 13.1. The molecule has 2 unspecified atom stereocenters. The van der Waals surface area contributed by atoms with Crippen LogP contribution < -0.4 is 0 Å². The molecule has 0 aliphatic rings. The maximum absolute atomic E-state index is 13.1. The largest absolute Gasteiger partial charge is 0.472 e. The highest BCUT2D eigenvalue weighted by molar-refractivity contribution is 7.47. The van der Waals surface area contributed by atoms with Crippen molar-refractivity contribution in [2.24, 2.45) is 17.8 Å². The molecule has 94 heavy (non-hydrogen) atoms. The van der Waals surface area contributed by atoms with Crippen molar-refractivity contribution in [1.29, 1.82) is 0 Å². The minimum atomic E-state index is -4.96. The molecular weight excluding hydrogens is 1230 g/mol. The zero-order valence-corrected chi connectivity index (χ0v) is 63.2. The van der Waals surface area contributed by atoms with Gasteiger partial charge in [0.25, 0.3) is 0 Å². The molecule has 0 saturated heterocycles. The Balaban J connectivity index is 5.21. The molecule has 0 aromatic rings. The van der Waals surface area contributed by atoms with Gasteiger partial charge in [-0.15, -0.1) is 0 Å². The smallest absolute Gasteiger partial charge is 0.462 e. The van der Waals surface area contributed by atoms with E-state index < -0.39 is 97.5 Å². The number of unbranched alkanes of at least 4 members (excludes halogenated alkanes) is 41. The summed E-state index contributed by atoms with van der Waals surface area (Å²) in [6.07, 6.45) is 51.7. The molecule has 17 nitrogen and oxygen atoms in total. The number of hydrogen-bond acceptors (Lipinski definition) is 15. The van der Waals surface area contributed by atoms with Crippen molar-refractivity contribution < 1.29 is 80.2 Å². The van der Waals surface area contributed by atoms with Gasteiger partial charge in [0.05, 0.1) is 26.4 Å². The number of ether oxygens (including phenoxy) is 4. The quantitative estimate of drug-likeness (QED) is 0.0222. The van der Waals surface area contributed by atoms with E-state index in [0.29, 0.717) is 37.5 Å². The van der Waals surface area contributed by atoms with Gasteiger partial charge in [0, 0.05) is 25.7 Å². The second-order valence-corrected chi connectivity index (χ2v) is 31.4. The van der Waals surface area contributed by atoms with E-state index in [9.17, 15) is 43.2 Å². The number of phosphoric ester groups is 2. The predicted molar refractivity (Wildman–Crippen MR) is 381 cm³/mol. The molecule has 19 heteroatoms. The lowest BCUT2D eigenvalue weighted by Gasteiger charge is -2.21. The van der Waals surface area contributed by atoms with E-state index >= 15 is 0 Å². The van der Waals surface area contributed by atoms with Gasteiger partial charge in [-0.05, 0) is 43.4 Å². The molecule has 0 aliphatic heterocycles. The highest BCUT2D eigenvalue weighted by atomic mass is 31.2. The molecule has 0 radical (unpaired) electrons. The van der Waals surface area contributed by atoms with Gasteiger partial charge >= 0.3 is 39.5 Å². The predicted octanol–water partition coefficient (Wildman–Crippen LogP) is 21.8. The van der Waals surface area contributed by atoms with Crippen molar-refractivity contribution >= 4 is 39.5 Å². The Morgan fingerprint density at radius 1 is 0.287 bits per heavy atom. The van der Waals surface area contributed by atoms with Crippen LogP contribution in [0.3, 0.4) is 0 Å². The normalized spacial score (nSPS) is 14.1. The van der Waals surface area contributed by atoms with Crippen molar-refractivity contribution in [3.8, 4) is 0 Å². The number of carbonyl (C=O) groups is 4. The highest BCUT2D eigenvalue weighted by Crippen LogP contribution is 2.45. The van der Waals surface area contributed by atoms with Crippen LogP contribution >= 0.6 is 15.6 Å². The fourth-order valence-corrected chi connectivity index (χ4v) is 13.0. The molecule has 0 heterocycles. The fourth-order valence-electron chi connectivity index (χ4n) is 11.4. The molecule has 0 rings (SSSR count). The summed E-state index contributed by atoms with van der Waals surface area (Å²) in [5.41, 5.74) is 0. The number of esters is 4. The Labute approximate surface area is 575 Å². The minimum Gasteiger partial charge on any atom is -0.462 e. The van der Waals surface area contributed by atoms with Crippen molar-refractivity contribution in [1.82, 2.24) is 0 Å². The van der Waals surface area contributed by atoms with E-state index in [-0.39, 0.29) is 25.7 Å². The molecule has 5 atom stereocenters. The van der Waals surface area contributed by atoms with Crippen LogP contribution in [-0.2, 0) is 65.4 Å². The molecule has 0 saturated carbocycles. The Morgan fingerprint density at radius 2 is 0.489 bits per heavy atom. The third kappa shape index (κ3) is 68.6. The van der Waals surface area contributed by atoms with Gasteiger partial charge < -0.3 is 33.8 Å². The van der Waals surface area contributed by atoms with Gasteiger partial charge in [-0.3, -0.25) is 37.3 Å². The van der Waals surface area contributed by atoms with E-state index in [1.807, 2.05) is 0 Å². The summed E-state index contributed by atoms with van der Waals surface area (Å²) in [6.45, 7) is 11.8. The number of aliphatic hydroxyl groups is 1. The number of rotatable bonds is 73. The number of aliphatic hydroxyl groups excluding tert-OH is 1. The molecule has 0 amide bonds. The van der Waals surface area contributed by atoms with Crippen LogP contribution in [0.4, 0.5) is 0 Å². The zero-order valence-electron chi connectivity index (χ0n) is 61.4. The molecule has 3 N–H and O–H groups in total. The monoisotopic (exact) mass is 1380 g/mol. The van der Waals surface area contributed by atoms with E-state index in [1.165, 1.54) is 186 Å². The summed E-state index contributed by atoms with van der Waals surface area (Å²) in [5, 5.41) is 10.6. The molecule has 558 valence electrons. The topological polar surface area (TPSA) is 237 Å². The van der Waals surface area contributed by atoms with Crippen molar-refractivity contribution in [3.05, 3.63) is 0 Å². The van der Waals surface area contributed by atoms with Gasteiger partial charge in [0.2, 0.25) is 0 Å². The molecule has 0 aromatic heterocycles. The maximum Gasteiger partial charge on any atom is 0.472 e. The average Bonchev–Trinajstić information content (AvgIpc) is 1.75. The third-order valence-corrected chi connectivity index (χ3v) is 19.3. The Hall–Kier alpha value is -1.94. The Kier molecular flexibility index (Phi) is 64.3. The van der Waals surface area contributed by atoms with Gasteiger partial charge in [-0.1, -0.05) is 331 Å². The summed E-state index contributed by atoms with van der Waals surface area (Å²) in [4.78, 5) is 72.7. The van der Waals surface area contributed by atoms with Gasteiger partial charge in [0.15, 0.2) is 12.2 Å². The van der Waals surface area contributed by atoms with Gasteiger partial charge in [-0.2, -0.15) is 0 Å². The van der Waals surface area contributed by atoms with Crippen molar-refractivity contribution in [2.45, 2.75) is 401 Å². The van der Waals surface area contributed by atoms with Crippen molar-refractivity contribution in [2.75, 3.05) is 39.6 Å². The third-order valence-electron chi connectivity index (χ3n) is 17.4.